The van der Waals surface area contributed by atoms with Crippen LogP contribution in [0.3, 0.4) is 0 Å². The molecule has 2 aromatic rings. The SMILES string of the molecule is Cc1cccc(CSCCNC(=O)COc2ccc(I)cc2)c1. The van der Waals surface area contributed by atoms with Crippen LogP contribution in [-0.4, -0.2) is 24.8 Å². The Balaban J connectivity index is 1.57. The Labute approximate surface area is 155 Å². The maximum absolute atomic E-state index is 11.7. The second-order valence-corrected chi connectivity index (χ2v) is 7.48. The third-order valence-electron chi connectivity index (χ3n) is 3.10. The van der Waals surface area contributed by atoms with Crippen molar-refractivity contribution >= 4 is 40.3 Å². The maximum atomic E-state index is 11.7. The van der Waals surface area contributed by atoms with Crippen LogP contribution in [0.25, 0.3) is 0 Å². The smallest absolute Gasteiger partial charge is 0.257 e. The van der Waals surface area contributed by atoms with Crippen LogP contribution < -0.4 is 10.1 Å². The number of aryl methyl sites for hydroxylation is 1. The number of benzene rings is 2. The molecule has 0 aromatic heterocycles. The van der Waals surface area contributed by atoms with Gasteiger partial charge in [-0.2, -0.15) is 11.8 Å². The molecule has 2 rings (SSSR count). The first-order valence-corrected chi connectivity index (χ1v) is 9.65. The molecule has 1 amide bonds. The fraction of sp³-hybridized carbons (Fsp3) is 0.278. The van der Waals surface area contributed by atoms with E-state index >= 15 is 0 Å². The number of carbonyl (C=O) groups is 1. The molecule has 2 aromatic carbocycles. The first-order chi connectivity index (χ1) is 11.1. The molecule has 0 saturated carbocycles. The van der Waals surface area contributed by atoms with E-state index in [4.69, 9.17) is 4.74 Å². The van der Waals surface area contributed by atoms with Crippen LogP contribution in [0.5, 0.6) is 5.75 Å². The molecule has 0 radical (unpaired) electrons. The van der Waals surface area contributed by atoms with E-state index < -0.39 is 0 Å². The number of hydrogen-bond donors (Lipinski definition) is 1. The Bertz CT molecular complexity index is 631. The number of carbonyl (C=O) groups excluding carboxylic acids is 1. The lowest BCUT2D eigenvalue weighted by Gasteiger charge is -2.08. The lowest BCUT2D eigenvalue weighted by molar-refractivity contribution is -0.122. The Hall–Kier alpha value is -1.21. The standard InChI is InChI=1S/C18H20INO2S/c1-14-3-2-4-15(11-14)13-23-10-9-20-18(21)12-22-17-7-5-16(19)6-8-17/h2-8,11H,9-10,12-13H2,1H3,(H,20,21). The molecule has 3 nitrogen and oxygen atoms in total. The van der Waals surface area contributed by atoms with E-state index in [2.05, 4.69) is 59.1 Å². The minimum Gasteiger partial charge on any atom is -0.484 e. The molecule has 23 heavy (non-hydrogen) atoms. The van der Waals surface area contributed by atoms with Gasteiger partial charge in [-0.3, -0.25) is 4.79 Å². The van der Waals surface area contributed by atoms with E-state index in [-0.39, 0.29) is 12.5 Å². The normalized spacial score (nSPS) is 10.3. The van der Waals surface area contributed by atoms with Gasteiger partial charge in [0.25, 0.3) is 5.91 Å². The summed E-state index contributed by atoms with van der Waals surface area (Å²) in [5.41, 5.74) is 2.60. The maximum Gasteiger partial charge on any atom is 0.257 e. The van der Waals surface area contributed by atoms with Gasteiger partial charge in [0.15, 0.2) is 6.61 Å². The van der Waals surface area contributed by atoms with Crippen molar-refractivity contribution in [2.45, 2.75) is 12.7 Å². The van der Waals surface area contributed by atoms with Crippen molar-refractivity contribution < 1.29 is 9.53 Å². The van der Waals surface area contributed by atoms with E-state index in [1.807, 2.05) is 36.0 Å². The predicted molar refractivity (Wildman–Crippen MR) is 105 cm³/mol. The number of halogens is 1. The first-order valence-electron chi connectivity index (χ1n) is 7.42. The molecule has 0 aliphatic rings. The molecule has 0 atom stereocenters. The lowest BCUT2D eigenvalue weighted by Crippen LogP contribution is -2.30. The molecule has 0 saturated heterocycles. The van der Waals surface area contributed by atoms with Gasteiger partial charge in [0, 0.05) is 21.6 Å². The summed E-state index contributed by atoms with van der Waals surface area (Å²) in [5.74, 6) is 2.49. The number of thioether (sulfide) groups is 1. The second kappa shape index (κ2) is 9.82. The van der Waals surface area contributed by atoms with Crippen LogP contribution in [0.1, 0.15) is 11.1 Å². The van der Waals surface area contributed by atoms with E-state index in [9.17, 15) is 4.79 Å². The van der Waals surface area contributed by atoms with Gasteiger partial charge in [-0.05, 0) is 59.3 Å². The first kappa shape index (κ1) is 18.1. The molecule has 0 bridgehead atoms. The number of rotatable bonds is 8. The Morgan fingerprint density at radius 2 is 2.00 bits per heavy atom. The molecule has 0 fully saturated rings. The zero-order chi connectivity index (χ0) is 16.5. The summed E-state index contributed by atoms with van der Waals surface area (Å²) in [7, 11) is 0. The van der Waals surface area contributed by atoms with Crippen LogP contribution in [0.2, 0.25) is 0 Å². The van der Waals surface area contributed by atoms with Gasteiger partial charge in [-0.1, -0.05) is 29.8 Å². The molecular formula is C18H20INO2S. The Morgan fingerprint density at radius 1 is 1.22 bits per heavy atom. The summed E-state index contributed by atoms with van der Waals surface area (Å²) in [5, 5.41) is 2.88. The van der Waals surface area contributed by atoms with Gasteiger partial charge >= 0.3 is 0 Å². The summed E-state index contributed by atoms with van der Waals surface area (Å²) >= 11 is 4.05. The number of nitrogens with one attached hydrogen (secondary N) is 1. The quantitative estimate of drug-likeness (QED) is 0.497. The van der Waals surface area contributed by atoms with Gasteiger partial charge in [0.2, 0.25) is 0 Å². The number of ether oxygens (including phenoxy) is 1. The average molecular weight is 441 g/mol. The summed E-state index contributed by atoms with van der Waals surface area (Å²) in [6.07, 6.45) is 0. The van der Waals surface area contributed by atoms with Crippen molar-refractivity contribution in [1.29, 1.82) is 0 Å². The lowest BCUT2D eigenvalue weighted by atomic mass is 10.2. The van der Waals surface area contributed by atoms with Gasteiger partial charge < -0.3 is 10.1 Å². The van der Waals surface area contributed by atoms with E-state index in [1.54, 1.807) is 0 Å². The molecule has 0 aliphatic carbocycles. The van der Waals surface area contributed by atoms with Crippen molar-refractivity contribution in [2.24, 2.45) is 0 Å². The second-order valence-electron chi connectivity index (χ2n) is 5.13. The van der Waals surface area contributed by atoms with Crippen LogP contribution in [-0.2, 0) is 10.5 Å². The molecule has 0 unspecified atom stereocenters. The van der Waals surface area contributed by atoms with Gasteiger partial charge in [0.05, 0.1) is 0 Å². The number of amides is 1. The highest BCUT2D eigenvalue weighted by molar-refractivity contribution is 14.1. The number of hydrogen-bond acceptors (Lipinski definition) is 3. The highest BCUT2D eigenvalue weighted by Crippen LogP contribution is 2.14. The highest BCUT2D eigenvalue weighted by atomic mass is 127. The summed E-state index contributed by atoms with van der Waals surface area (Å²) in [6, 6.07) is 16.1. The van der Waals surface area contributed by atoms with Crippen molar-refractivity contribution in [3.8, 4) is 5.75 Å². The largest absolute Gasteiger partial charge is 0.484 e. The zero-order valence-electron chi connectivity index (χ0n) is 13.0. The fourth-order valence-electron chi connectivity index (χ4n) is 1.99. The molecule has 1 N–H and O–H groups in total. The summed E-state index contributed by atoms with van der Waals surface area (Å²) in [6.45, 7) is 2.82. The Kier molecular flexibility index (Phi) is 7.74. The fourth-order valence-corrected chi connectivity index (χ4v) is 3.15. The van der Waals surface area contributed by atoms with E-state index in [0.717, 1.165) is 20.8 Å². The molecular weight excluding hydrogens is 421 g/mol. The molecule has 122 valence electrons. The van der Waals surface area contributed by atoms with Crippen molar-refractivity contribution in [2.75, 3.05) is 18.9 Å². The topological polar surface area (TPSA) is 38.3 Å². The van der Waals surface area contributed by atoms with Crippen LogP contribution in [0.4, 0.5) is 0 Å². The van der Waals surface area contributed by atoms with Gasteiger partial charge in [-0.25, -0.2) is 0 Å². The highest BCUT2D eigenvalue weighted by Gasteiger charge is 2.02. The Morgan fingerprint density at radius 3 is 2.74 bits per heavy atom. The van der Waals surface area contributed by atoms with Gasteiger partial charge in [-0.15, -0.1) is 0 Å². The molecule has 0 spiro atoms. The zero-order valence-corrected chi connectivity index (χ0v) is 16.0. The van der Waals surface area contributed by atoms with Gasteiger partial charge in [0.1, 0.15) is 5.75 Å². The van der Waals surface area contributed by atoms with Crippen LogP contribution >= 0.6 is 34.4 Å². The monoisotopic (exact) mass is 441 g/mol. The molecule has 0 heterocycles. The third kappa shape index (κ3) is 7.26. The third-order valence-corrected chi connectivity index (χ3v) is 4.85. The predicted octanol–water partition coefficient (Wildman–Crippen LogP) is 4.03. The van der Waals surface area contributed by atoms with Crippen molar-refractivity contribution in [3.05, 3.63) is 63.2 Å². The molecule has 0 aliphatic heterocycles. The van der Waals surface area contributed by atoms with E-state index in [0.29, 0.717) is 6.54 Å². The van der Waals surface area contributed by atoms with Crippen molar-refractivity contribution in [1.82, 2.24) is 5.32 Å². The minimum atomic E-state index is -0.0836. The minimum absolute atomic E-state index is 0.0587. The van der Waals surface area contributed by atoms with Crippen LogP contribution in [0, 0.1) is 10.5 Å². The van der Waals surface area contributed by atoms with E-state index in [1.165, 1.54) is 11.1 Å². The van der Waals surface area contributed by atoms with Crippen molar-refractivity contribution in [3.63, 3.8) is 0 Å². The summed E-state index contributed by atoms with van der Waals surface area (Å²) < 4.78 is 6.58. The molecule has 5 heteroatoms. The average Bonchev–Trinajstić information content (AvgIpc) is 2.54. The summed E-state index contributed by atoms with van der Waals surface area (Å²) in [4.78, 5) is 11.7. The van der Waals surface area contributed by atoms with Crippen LogP contribution in [0.15, 0.2) is 48.5 Å².